The van der Waals surface area contributed by atoms with Crippen molar-refractivity contribution in [3.05, 3.63) is 0 Å². The van der Waals surface area contributed by atoms with E-state index in [0.717, 1.165) is 35.6 Å². The van der Waals surface area contributed by atoms with Gasteiger partial charge in [0.05, 0.1) is 0 Å². The van der Waals surface area contributed by atoms with Gasteiger partial charge in [-0.15, -0.1) is 0 Å². The van der Waals surface area contributed by atoms with Crippen molar-refractivity contribution >= 4 is 0 Å². The fourth-order valence-electron chi connectivity index (χ4n) is 6.19. The molecule has 0 spiro atoms. The number of hydrogen-bond acceptors (Lipinski definition) is 1. The van der Waals surface area contributed by atoms with Gasteiger partial charge in [-0.05, 0) is 74.7 Å². The van der Waals surface area contributed by atoms with Crippen molar-refractivity contribution in [2.75, 3.05) is 6.54 Å². The van der Waals surface area contributed by atoms with Crippen molar-refractivity contribution in [1.29, 1.82) is 0 Å². The van der Waals surface area contributed by atoms with Crippen LogP contribution in [0.15, 0.2) is 0 Å². The van der Waals surface area contributed by atoms with Crippen LogP contribution in [-0.4, -0.2) is 12.6 Å². The Hall–Kier alpha value is -0.0400. The average Bonchev–Trinajstić information content (AvgIpc) is 3.05. The zero-order valence-corrected chi connectivity index (χ0v) is 12.4. The van der Waals surface area contributed by atoms with E-state index in [1.54, 1.807) is 19.3 Å². The van der Waals surface area contributed by atoms with Gasteiger partial charge >= 0.3 is 0 Å². The molecule has 108 valence electrons. The molecule has 4 rings (SSSR count). The number of rotatable bonds is 3. The number of fused-ring (bicyclic) bond motifs is 5. The Morgan fingerprint density at radius 3 is 2.32 bits per heavy atom. The summed E-state index contributed by atoms with van der Waals surface area (Å²) in [5, 5.41) is 4.02. The molecule has 4 aliphatic rings. The molecule has 0 amide bonds. The fourth-order valence-corrected chi connectivity index (χ4v) is 6.19. The molecule has 1 N–H and O–H groups in total. The second-order valence-electron chi connectivity index (χ2n) is 8.03. The predicted octanol–water partition coefficient (Wildman–Crippen LogP) is 4.37. The van der Waals surface area contributed by atoms with E-state index in [0.29, 0.717) is 0 Å². The van der Waals surface area contributed by atoms with Gasteiger partial charge in [0, 0.05) is 6.04 Å². The van der Waals surface area contributed by atoms with Crippen LogP contribution in [0, 0.1) is 29.6 Å². The number of nitrogens with one attached hydrogen (secondary N) is 1. The van der Waals surface area contributed by atoms with E-state index in [1.165, 1.54) is 57.9 Å². The molecule has 0 aliphatic heterocycles. The van der Waals surface area contributed by atoms with Crippen LogP contribution < -0.4 is 5.32 Å². The molecule has 0 heterocycles. The molecular weight excluding hydrogens is 230 g/mol. The highest BCUT2D eigenvalue weighted by Crippen LogP contribution is 2.58. The van der Waals surface area contributed by atoms with Gasteiger partial charge in [0.2, 0.25) is 0 Å². The molecule has 1 nitrogen and oxygen atoms in total. The third kappa shape index (κ3) is 2.37. The molecular formula is C18H31N. The summed E-state index contributed by atoms with van der Waals surface area (Å²) in [5.41, 5.74) is 0. The van der Waals surface area contributed by atoms with Crippen molar-refractivity contribution < 1.29 is 0 Å². The largest absolute Gasteiger partial charge is 0.313 e. The summed E-state index contributed by atoms with van der Waals surface area (Å²) in [7, 11) is 0. The lowest BCUT2D eigenvalue weighted by Gasteiger charge is -2.33. The van der Waals surface area contributed by atoms with E-state index in [9.17, 15) is 0 Å². The zero-order chi connectivity index (χ0) is 12.7. The molecule has 1 heteroatoms. The average molecular weight is 261 g/mol. The molecule has 5 unspecified atom stereocenters. The van der Waals surface area contributed by atoms with Crippen LogP contribution in [-0.2, 0) is 0 Å². The van der Waals surface area contributed by atoms with Crippen LogP contribution in [0.2, 0.25) is 0 Å². The van der Waals surface area contributed by atoms with Crippen molar-refractivity contribution in [2.24, 2.45) is 29.6 Å². The van der Waals surface area contributed by atoms with E-state index in [4.69, 9.17) is 0 Å². The molecule has 0 aromatic rings. The third-order valence-electron chi connectivity index (χ3n) is 7.07. The molecule has 0 radical (unpaired) electrons. The summed E-state index contributed by atoms with van der Waals surface area (Å²) in [6.07, 6.45) is 16.8. The summed E-state index contributed by atoms with van der Waals surface area (Å²) < 4.78 is 0. The minimum Gasteiger partial charge on any atom is -0.313 e. The van der Waals surface area contributed by atoms with E-state index < -0.39 is 0 Å². The van der Waals surface area contributed by atoms with Crippen LogP contribution in [0.1, 0.15) is 70.6 Å². The predicted molar refractivity (Wildman–Crippen MR) is 80.0 cm³/mol. The molecule has 4 saturated carbocycles. The molecule has 0 saturated heterocycles. The highest BCUT2D eigenvalue weighted by Gasteiger charge is 2.53. The van der Waals surface area contributed by atoms with Crippen molar-refractivity contribution in [3.8, 4) is 0 Å². The zero-order valence-electron chi connectivity index (χ0n) is 12.4. The first-order valence-electron chi connectivity index (χ1n) is 9.15. The topological polar surface area (TPSA) is 12.0 Å². The lowest BCUT2D eigenvalue weighted by Crippen LogP contribution is -2.41. The minimum absolute atomic E-state index is 0.910. The molecule has 5 atom stereocenters. The second-order valence-corrected chi connectivity index (χ2v) is 8.03. The summed E-state index contributed by atoms with van der Waals surface area (Å²) in [6, 6.07) is 0.910. The molecule has 2 bridgehead atoms. The van der Waals surface area contributed by atoms with Crippen molar-refractivity contribution in [2.45, 2.75) is 76.7 Å². The SMILES string of the molecule is C1CCCC(CNC2CC3CC2C2CCCC32)CC1. The first kappa shape index (κ1) is 12.7. The summed E-state index contributed by atoms with van der Waals surface area (Å²) >= 11 is 0. The Morgan fingerprint density at radius 2 is 1.47 bits per heavy atom. The van der Waals surface area contributed by atoms with Crippen LogP contribution in [0.25, 0.3) is 0 Å². The monoisotopic (exact) mass is 261 g/mol. The molecule has 4 aliphatic carbocycles. The van der Waals surface area contributed by atoms with Gasteiger partial charge in [0.15, 0.2) is 0 Å². The van der Waals surface area contributed by atoms with Gasteiger partial charge < -0.3 is 5.32 Å². The van der Waals surface area contributed by atoms with Gasteiger partial charge in [-0.1, -0.05) is 32.1 Å². The number of hydrogen-bond donors (Lipinski definition) is 1. The normalized spacial score (nSPS) is 46.4. The lowest BCUT2D eigenvalue weighted by atomic mass is 9.79. The molecule has 0 aromatic carbocycles. The van der Waals surface area contributed by atoms with Gasteiger partial charge in [-0.3, -0.25) is 0 Å². The highest BCUT2D eigenvalue weighted by atomic mass is 14.9. The van der Waals surface area contributed by atoms with Gasteiger partial charge in [0.1, 0.15) is 0 Å². The second kappa shape index (κ2) is 5.39. The van der Waals surface area contributed by atoms with E-state index in [-0.39, 0.29) is 0 Å². The van der Waals surface area contributed by atoms with Gasteiger partial charge in [-0.25, -0.2) is 0 Å². The Morgan fingerprint density at radius 1 is 0.684 bits per heavy atom. The molecule has 0 aromatic heterocycles. The Labute approximate surface area is 118 Å². The highest BCUT2D eigenvalue weighted by molar-refractivity contribution is 5.05. The third-order valence-corrected chi connectivity index (χ3v) is 7.07. The minimum atomic E-state index is 0.910. The quantitative estimate of drug-likeness (QED) is 0.744. The Bertz CT molecular complexity index is 305. The van der Waals surface area contributed by atoms with Crippen molar-refractivity contribution in [3.63, 3.8) is 0 Å². The molecule has 4 fully saturated rings. The maximum atomic E-state index is 4.02. The van der Waals surface area contributed by atoms with Gasteiger partial charge in [-0.2, -0.15) is 0 Å². The fraction of sp³-hybridized carbons (Fsp3) is 1.00. The van der Waals surface area contributed by atoms with Crippen molar-refractivity contribution in [1.82, 2.24) is 5.32 Å². The first-order chi connectivity index (χ1) is 9.42. The Kier molecular flexibility index (Phi) is 3.60. The van der Waals surface area contributed by atoms with E-state index in [2.05, 4.69) is 5.32 Å². The van der Waals surface area contributed by atoms with Gasteiger partial charge in [0.25, 0.3) is 0 Å². The maximum absolute atomic E-state index is 4.02. The lowest BCUT2D eigenvalue weighted by molar-refractivity contribution is 0.202. The standard InChI is InChI=1S/C18H31N/c1-2-4-7-13(6-3-1)12-19-18-11-14-10-17(18)16-9-5-8-15(14)16/h13-19H,1-12H2. The summed E-state index contributed by atoms with van der Waals surface area (Å²) in [6.45, 7) is 1.34. The first-order valence-corrected chi connectivity index (χ1v) is 9.15. The van der Waals surface area contributed by atoms with E-state index in [1.807, 2.05) is 0 Å². The van der Waals surface area contributed by atoms with Crippen LogP contribution in [0.4, 0.5) is 0 Å². The van der Waals surface area contributed by atoms with Crippen LogP contribution in [0.3, 0.4) is 0 Å². The summed E-state index contributed by atoms with van der Waals surface area (Å²) in [5.74, 6) is 5.47. The Balaban J connectivity index is 1.30. The van der Waals surface area contributed by atoms with Crippen LogP contribution >= 0.6 is 0 Å². The van der Waals surface area contributed by atoms with Crippen LogP contribution in [0.5, 0.6) is 0 Å². The molecule has 19 heavy (non-hydrogen) atoms. The smallest absolute Gasteiger partial charge is 0.0101 e. The maximum Gasteiger partial charge on any atom is 0.0101 e. The summed E-state index contributed by atoms with van der Waals surface area (Å²) in [4.78, 5) is 0. The van der Waals surface area contributed by atoms with E-state index >= 15 is 0 Å².